The van der Waals surface area contributed by atoms with Crippen molar-refractivity contribution in [3.63, 3.8) is 0 Å². The number of anilines is 1. The number of ketones is 1. The van der Waals surface area contributed by atoms with Gasteiger partial charge in [-0.3, -0.25) is 9.59 Å². The van der Waals surface area contributed by atoms with Gasteiger partial charge < -0.3 is 20.0 Å². The smallest absolute Gasteiger partial charge is 0.322 e. The number of urea groups is 1. The number of carbonyl (C=O) groups excluding carboxylic acids is 3. The fraction of sp³-hybridized carbons (Fsp3) is 0.316. The zero-order valence-electron chi connectivity index (χ0n) is 14.5. The van der Waals surface area contributed by atoms with E-state index in [2.05, 4.69) is 10.6 Å². The summed E-state index contributed by atoms with van der Waals surface area (Å²) in [6.07, 6.45) is 2.93. The maximum absolute atomic E-state index is 12.6. The molecule has 7 heteroatoms. The van der Waals surface area contributed by atoms with E-state index in [1.165, 1.54) is 11.8 Å². The normalized spacial score (nSPS) is 16.3. The molecule has 3 rings (SSSR count). The second kappa shape index (κ2) is 7.86. The van der Waals surface area contributed by atoms with Crippen LogP contribution in [0.1, 0.15) is 35.9 Å². The first kappa shape index (κ1) is 17.7. The maximum atomic E-state index is 12.6. The Morgan fingerprint density at radius 2 is 2.08 bits per heavy atom. The summed E-state index contributed by atoms with van der Waals surface area (Å²) in [5, 5.41) is 5.57. The Kier molecular flexibility index (Phi) is 5.36. The minimum Gasteiger partial charge on any atom is -0.467 e. The highest BCUT2D eigenvalue weighted by Crippen LogP contribution is 2.20. The Balaban J connectivity index is 1.61. The number of amides is 3. The molecule has 0 unspecified atom stereocenters. The van der Waals surface area contributed by atoms with Gasteiger partial charge in [0.25, 0.3) is 0 Å². The molecule has 2 heterocycles. The van der Waals surface area contributed by atoms with Gasteiger partial charge in [-0.2, -0.15) is 0 Å². The van der Waals surface area contributed by atoms with Crippen LogP contribution in [0.25, 0.3) is 0 Å². The van der Waals surface area contributed by atoms with Crippen molar-refractivity contribution in [3.8, 4) is 0 Å². The molecule has 2 aromatic rings. The minimum absolute atomic E-state index is 0.0718. The molecule has 1 atom stereocenters. The summed E-state index contributed by atoms with van der Waals surface area (Å²) >= 11 is 0. The third-order valence-corrected chi connectivity index (χ3v) is 4.35. The van der Waals surface area contributed by atoms with Gasteiger partial charge in [0.15, 0.2) is 5.78 Å². The molecule has 1 aliphatic rings. The molecule has 0 saturated carbocycles. The van der Waals surface area contributed by atoms with Crippen molar-refractivity contribution in [2.45, 2.75) is 32.4 Å². The van der Waals surface area contributed by atoms with Crippen LogP contribution in [0, 0.1) is 0 Å². The number of Topliss-reactive ketones (excluding diaryl/α,β-unsaturated/α-hetero) is 1. The van der Waals surface area contributed by atoms with Gasteiger partial charge in [0.05, 0.1) is 12.8 Å². The number of likely N-dealkylation sites (tertiary alicyclic amines) is 1. The molecule has 1 aromatic heterocycles. The monoisotopic (exact) mass is 355 g/mol. The molecule has 26 heavy (non-hydrogen) atoms. The van der Waals surface area contributed by atoms with Crippen molar-refractivity contribution in [3.05, 3.63) is 54.0 Å². The van der Waals surface area contributed by atoms with Gasteiger partial charge in [0, 0.05) is 17.8 Å². The van der Waals surface area contributed by atoms with Gasteiger partial charge in [0.1, 0.15) is 11.8 Å². The van der Waals surface area contributed by atoms with E-state index < -0.39 is 6.04 Å². The molecule has 0 aliphatic carbocycles. The van der Waals surface area contributed by atoms with Gasteiger partial charge in [0.2, 0.25) is 5.91 Å². The van der Waals surface area contributed by atoms with E-state index in [0.717, 1.165) is 6.42 Å². The van der Waals surface area contributed by atoms with Crippen molar-refractivity contribution < 1.29 is 18.8 Å². The fourth-order valence-electron chi connectivity index (χ4n) is 3.00. The molecule has 136 valence electrons. The molecular weight excluding hydrogens is 334 g/mol. The van der Waals surface area contributed by atoms with Gasteiger partial charge in [-0.15, -0.1) is 0 Å². The first-order valence-electron chi connectivity index (χ1n) is 8.53. The summed E-state index contributed by atoms with van der Waals surface area (Å²) in [7, 11) is 0. The van der Waals surface area contributed by atoms with E-state index in [-0.39, 0.29) is 17.7 Å². The topological polar surface area (TPSA) is 91.7 Å². The van der Waals surface area contributed by atoms with Crippen LogP contribution in [0.2, 0.25) is 0 Å². The number of carbonyl (C=O) groups is 3. The summed E-state index contributed by atoms with van der Waals surface area (Å²) in [4.78, 5) is 38.0. The van der Waals surface area contributed by atoms with Crippen LogP contribution in [0.5, 0.6) is 0 Å². The van der Waals surface area contributed by atoms with Crippen LogP contribution in [0.15, 0.2) is 47.1 Å². The van der Waals surface area contributed by atoms with E-state index >= 15 is 0 Å². The molecule has 2 N–H and O–H groups in total. The van der Waals surface area contributed by atoms with Crippen molar-refractivity contribution in [2.75, 3.05) is 11.9 Å². The van der Waals surface area contributed by atoms with Crippen molar-refractivity contribution >= 4 is 23.4 Å². The van der Waals surface area contributed by atoms with Crippen LogP contribution in [-0.4, -0.2) is 35.2 Å². The zero-order valence-corrected chi connectivity index (χ0v) is 14.5. The summed E-state index contributed by atoms with van der Waals surface area (Å²) in [5.74, 6) is 0.386. The Morgan fingerprint density at radius 1 is 1.23 bits per heavy atom. The molecule has 1 aliphatic heterocycles. The number of hydrogen-bond donors (Lipinski definition) is 2. The molecular formula is C19H21N3O4. The van der Waals surface area contributed by atoms with E-state index in [1.807, 2.05) is 0 Å². The van der Waals surface area contributed by atoms with E-state index in [0.29, 0.717) is 36.5 Å². The summed E-state index contributed by atoms with van der Waals surface area (Å²) in [6.45, 7) is 2.27. The van der Waals surface area contributed by atoms with E-state index in [4.69, 9.17) is 4.42 Å². The highest BCUT2D eigenvalue weighted by atomic mass is 16.3. The van der Waals surface area contributed by atoms with Crippen LogP contribution >= 0.6 is 0 Å². The third-order valence-electron chi connectivity index (χ3n) is 4.35. The maximum Gasteiger partial charge on any atom is 0.322 e. The minimum atomic E-state index is -0.513. The SMILES string of the molecule is CC(=O)c1cccc(NC(=O)N2CCC[C@@H]2C(=O)NCc2ccco2)c1. The quantitative estimate of drug-likeness (QED) is 0.807. The molecule has 1 saturated heterocycles. The Morgan fingerprint density at radius 3 is 2.81 bits per heavy atom. The Bertz CT molecular complexity index is 801. The average molecular weight is 355 g/mol. The summed E-state index contributed by atoms with van der Waals surface area (Å²) in [6, 6.07) is 9.42. The molecule has 0 radical (unpaired) electrons. The Hall–Kier alpha value is -3.09. The Labute approximate surface area is 151 Å². The lowest BCUT2D eigenvalue weighted by Gasteiger charge is -2.24. The number of hydrogen-bond acceptors (Lipinski definition) is 4. The zero-order chi connectivity index (χ0) is 18.5. The standard InChI is InChI=1S/C19H21N3O4/c1-13(23)14-5-2-6-15(11-14)21-19(25)22-9-3-8-17(22)18(24)20-12-16-7-4-10-26-16/h2,4-7,10-11,17H,3,8-9,12H2,1H3,(H,20,24)(H,21,25)/t17-/m1/s1. The van der Waals surface area contributed by atoms with Crippen LogP contribution in [0.3, 0.4) is 0 Å². The van der Waals surface area contributed by atoms with Crippen molar-refractivity contribution in [1.29, 1.82) is 0 Å². The van der Waals surface area contributed by atoms with Crippen LogP contribution < -0.4 is 10.6 Å². The lowest BCUT2D eigenvalue weighted by molar-refractivity contribution is -0.124. The molecule has 0 bridgehead atoms. The lowest BCUT2D eigenvalue weighted by atomic mass is 10.1. The van der Waals surface area contributed by atoms with Crippen molar-refractivity contribution in [1.82, 2.24) is 10.2 Å². The largest absolute Gasteiger partial charge is 0.467 e. The highest BCUT2D eigenvalue weighted by Gasteiger charge is 2.34. The summed E-state index contributed by atoms with van der Waals surface area (Å²) in [5.41, 5.74) is 1.06. The molecule has 0 spiro atoms. The third kappa shape index (κ3) is 4.11. The number of nitrogens with one attached hydrogen (secondary N) is 2. The average Bonchev–Trinajstić information content (AvgIpc) is 3.31. The fourth-order valence-corrected chi connectivity index (χ4v) is 3.00. The predicted molar refractivity (Wildman–Crippen MR) is 95.7 cm³/mol. The first-order chi connectivity index (χ1) is 12.5. The number of nitrogens with zero attached hydrogens (tertiary/aromatic N) is 1. The van der Waals surface area contributed by atoms with Gasteiger partial charge in [-0.05, 0) is 44.0 Å². The highest BCUT2D eigenvalue weighted by molar-refractivity contribution is 5.97. The molecule has 1 fully saturated rings. The number of rotatable bonds is 5. The van der Waals surface area contributed by atoms with E-state index in [9.17, 15) is 14.4 Å². The summed E-state index contributed by atoms with van der Waals surface area (Å²) < 4.78 is 5.20. The van der Waals surface area contributed by atoms with Crippen molar-refractivity contribution in [2.24, 2.45) is 0 Å². The number of furan rings is 1. The number of benzene rings is 1. The second-order valence-corrected chi connectivity index (χ2v) is 6.22. The lowest BCUT2D eigenvalue weighted by Crippen LogP contribution is -2.47. The molecule has 3 amide bonds. The van der Waals surface area contributed by atoms with Gasteiger partial charge in [-0.25, -0.2) is 4.79 Å². The molecule has 1 aromatic carbocycles. The van der Waals surface area contributed by atoms with Gasteiger partial charge >= 0.3 is 6.03 Å². The predicted octanol–water partition coefficient (Wildman–Crippen LogP) is 2.79. The van der Waals surface area contributed by atoms with Crippen LogP contribution in [0.4, 0.5) is 10.5 Å². The van der Waals surface area contributed by atoms with E-state index in [1.54, 1.807) is 42.7 Å². The second-order valence-electron chi connectivity index (χ2n) is 6.22. The van der Waals surface area contributed by atoms with Crippen LogP contribution in [-0.2, 0) is 11.3 Å². The first-order valence-corrected chi connectivity index (χ1v) is 8.53. The van der Waals surface area contributed by atoms with Gasteiger partial charge in [-0.1, -0.05) is 12.1 Å². The molecule has 7 nitrogen and oxygen atoms in total.